The van der Waals surface area contributed by atoms with Gasteiger partial charge in [0.25, 0.3) is 0 Å². The van der Waals surface area contributed by atoms with Crippen molar-refractivity contribution in [3.05, 3.63) is 35.8 Å². The molecule has 1 saturated heterocycles. The minimum Gasteiger partial charge on any atom is -0.472 e. The number of furan rings is 1. The molecule has 168 valence electrons. The van der Waals surface area contributed by atoms with Gasteiger partial charge >= 0.3 is 17.9 Å². The molecule has 1 aliphatic heterocycles. The Morgan fingerprint density at radius 3 is 2.55 bits per heavy atom. The van der Waals surface area contributed by atoms with Crippen LogP contribution in [0.5, 0.6) is 0 Å². The van der Waals surface area contributed by atoms with Gasteiger partial charge in [-0.3, -0.25) is 9.59 Å². The summed E-state index contributed by atoms with van der Waals surface area (Å²) in [5.41, 5.74) is 0.683. The predicted molar refractivity (Wildman–Crippen MR) is 110 cm³/mol. The van der Waals surface area contributed by atoms with Crippen LogP contribution in [-0.4, -0.2) is 36.7 Å². The number of carbonyl (C=O) groups is 3. The topological polar surface area (TPSA) is 92.0 Å². The number of esters is 3. The van der Waals surface area contributed by atoms with E-state index in [1.165, 1.54) is 13.8 Å². The molecular formula is C24H30O7. The average Bonchev–Trinajstić information content (AvgIpc) is 3.32. The van der Waals surface area contributed by atoms with Crippen molar-refractivity contribution in [1.29, 1.82) is 0 Å². The van der Waals surface area contributed by atoms with E-state index in [9.17, 15) is 14.4 Å². The summed E-state index contributed by atoms with van der Waals surface area (Å²) in [7, 11) is 0. The molecule has 0 amide bonds. The summed E-state index contributed by atoms with van der Waals surface area (Å²) in [5, 5.41) is 0. The van der Waals surface area contributed by atoms with E-state index in [-0.39, 0.29) is 54.0 Å². The summed E-state index contributed by atoms with van der Waals surface area (Å²) in [4.78, 5) is 36.5. The molecule has 0 unspecified atom stereocenters. The average molecular weight is 430 g/mol. The lowest BCUT2D eigenvalue weighted by atomic mass is 9.45. The number of hydrogen-bond donors (Lipinski definition) is 0. The molecule has 0 N–H and O–H groups in total. The lowest BCUT2D eigenvalue weighted by Gasteiger charge is -2.60. The van der Waals surface area contributed by atoms with E-state index in [0.717, 1.165) is 18.4 Å². The van der Waals surface area contributed by atoms with Gasteiger partial charge in [-0.25, -0.2) is 4.79 Å². The van der Waals surface area contributed by atoms with Gasteiger partial charge in [-0.1, -0.05) is 19.9 Å². The Bertz CT molecular complexity index is 901. The van der Waals surface area contributed by atoms with Crippen LogP contribution >= 0.6 is 0 Å². The van der Waals surface area contributed by atoms with Gasteiger partial charge in [0.05, 0.1) is 12.5 Å². The summed E-state index contributed by atoms with van der Waals surface area (Å²) in [6, 6.07) is 1.94. The molecule has 2 aliphatic carbocycles. The molecule has 7 nitrogen and oxygen atoms in total. The Kier molecular flexibility index (Phi) is 5.48. The first-order valence-electron chi connectivity index (χ1n) is 10.9. The first-order chi connectivity index (χ1) is 14.7. The maximum atomic E-state index is 12.6. The number of aryl methyl sites for hydroxylation is 1. The molecule has 0 radical (unpaired) electrons. The SMILES string of the molecule is CC(=O)O[C@H]1CC=C2C(=O)OC[C@@]23C[C@@H](OC(C)=O)[C@@H](C)[C@](C)(CCc2ccoc2)[C@H]13. The Morgan fingerprint density at radius 1 is 1.19 bits per heavy atom. The molecule has 1 spiro atoms. The molecule has 6 atom stereocenters. The van der Waals surface area contributed by atoms with Crippen LogP contribution in [0.4, 0.5) is 0 Å². The van der Waals surface area contributed by atoms with Crippen molar-refractivity contribution in [2.75, 3.05) is 6.61 Å². The highest BCUT2D eigenvalue weighted by Gasteiger charge is 2.67. The quantitative estimate of drug-likeness (QED) is 0.520. The van der Waals surface area contributed by atoms with E-state index in [4.69, 9.17) is 18.6 Å². The van der Waals surface area contributed by atoms with Crippen LogP contribution in [-0.2, 0) is 35.0 Å². The van der Waals surface area contributed by atoms with E-state index >= 15 is 0 Å². The lowest BCUT2D eigenvalue weighted by molar-refractivity contribution is -0.194. The molecule has 0 bridgehead atoms. The smallest absolute Gasteiger partial charge is 0.334 e. The van der Waals surface area contributed by atoms with E-state index in [1.807, 2.05) is 12.1 Å². The van der Waals surface area contributed by atoms with Crippen LogP contribution in [0.15, 0.2) is 34.7 Å². The number of rotatable bonds is 5. The third-order valence-corrected chi connectivity index (χ3v) is 7.78. The van der Waals surface area contributed by atoms with Crippen molar-refractivity contribution in [3.8, 4) is 0 Å². The molecule has 3 aliphatic rings. The lowest BCUT2D eigenvalue weighted by Crippen LogP contribution is -2.62. The summed E-state index contributed by atoms with van der Waals surface area (Å²) < 4.78 is 22.4. The van der Waals surface area contributed by atoms with E-state index in [0.29, 0.717) is 18.4 Å². The van der Waals surface area contributed by atoms with E-state index in [2.05, 4.69) is 13.8 Å². The normalized spacial score (nSPS) is 36.6. The fraction of sp³-hybridized carbons (Fsp3) is 0.625. The van der Waals surface area contributed by atoms with Crippen molar-refractivity contribution < 1.29 is 33.0 Å². The van der Waals surface area contributed by atoms with Crippen LogP contribution < -0.4 is 0 Å². The van der Waals surface area contributed by atoms with Gasteiger partial charge < -0.3 is 18.6 Å². The highest BCUT2D eigenvalue weighted by Crippen LogP contribution is 2.64. The fourth-order valence-electron chi connectivity index (χ4n) is 6.34. The van der Waals surface area contributed by atoms with Gasteiger partial charge in [-0.15, -0.1) is 0 Å². The number of carbonyl (C=O) groups excluding carboxylic acids is 3. The standard InChI is InChI=1S/C24H30O7/c1-14-20(31-16(3)26)11-24-13-29-22(27)18(24)5-6-19(30-15(2)25)21(24)23(14,4)9-7-17-8-10-28-12-17/h5,8,10,12,14,19-21H,6-7,9,11,13H2,1-4H3/t14-,19+,20-,21+,23+,24+/m1/s1. The van der Waals surface area contributed by atoms with Crippen LogP contribution in [0.25, 0.3) is 0 Å². The van der Waals surface area contributed by atoms with Crippen molar-refractivity contribution in [3.63, 3.8) is 0 Å². The first-order valence-corrected chi connectivity index (χ1v) is 10.9. The van der Waals surface area contributed by atoms with Gasteiger partial charge in [-0.05, 0) is 42.2 Å². The summed E-state index contributed by atoms with van der Waals surface area (Å²) >= 11 is 0. The fourth-order valence-corrected chi connectivity index (χ4v) is 6.34. The maximum Gasteiger partial charge on any atom is 0.334 e. The second-order valence-corrected chi connectivity index (χ2v) is 9.49. The van der Waals surface area contributed by atoms with Crippen molar-refractivity contribution in [1.82, 2.24) is 0 Å². The molecule has 31 heavy (non-hydrogen) atoms. The van der Waals surface area contributed by atoms with E-state index < -0.39 is 5.41 Å². The molecule has 4 rings (SSSR count). The van der Waals surface area contributed by atoms with Crippen molar-refractivity contribution in [2.45, 2.75) is 65.6 Å². The van der Waals surface area contributed by atoms with Crippen LogP contribution in [0.2, 0.25) is 0 Å². The number of cyclic esters (lactones) is 1. The number of ether oxygens (including phenoxy) is 3. The monoisotopic (exact) mass is 430 g/mol. The Labute approximate surface area is 182 Å². The van der Waals surface area contributed by atoms with Gasteiger partial charge in [0.1, 0.15) is 18.8 Å². The molecule has 2 fully saturated rings. The van der Waals surface area contributed by atoms with Crippen LogP contribution in [0.1, 0.15) is 52.5 Å². The van der Waals surface area contributed by atoms with Gasteiger partial charge in [-0.2, -0.15) is 0 Å². The maximum absolute atomic E-state index is 12.6. The van der Waals surface area contributed by atoms with Crippen molar-refractivity contribution in [2.24, 2.45) is 22.7 Å². The first kappa shape index (κ1) is 21.7. The zero-order valence-corrected chi connectivity index (χ0v) is 18.5. The summed E-state index contributed by atoms with van der Waals surface area (Å²) in [6.45, 7) is 7.30. The molecule has 0 aromatic carbocycles. The second-order valence-electron chi connectivity index (χ2n) is 9.49. The number of hydrogen-bond acceptors (Lipinski definition) is 7. The zero-order valence-electron chi connectivity index (χ0n) is 18.5. The minimum atomic E-state index is -0.646. The summed E-state index contributed by atoms with van der Waals surface area (Å²) in [6.07, 6.45) is 6.98. The highest BCUT2D eigenvalue weighted by atomic mass is 16.6. The molecule has 1 aromatic rings. The summed E-state index contributed by atoms with van der Waals surface area (Å²) in [5.74, 6) is -1.14. The molecule has 2 heterocycles. The Hall–Kier alpha value is -2.57. The minimum absolute atomic E-state index is 0.00737. The van der Waals surface area contributed by atoms with Gasteiger partial charge in [0.2, 0.25) is 0 Å². The Morgan fingerprint density at radius 2 is 1.90 bits per heavy atom. The Balaban J connectivity index is 1.80. The zero-order chi connectivity index (χ0) is 22.4. The largest absolute Gasteiger partial charge is 0.472 e. The van der Waals surface area contributed by atoms with Gasteiger partial charge in [0, 0.05) is 37.2 Å². The van der Waals surface area contributed by atoms with Crippen LogP contribution in [0.3, 0.4) is 0 Å². The van der Waals surface area contributed by atoms with Gasteiger partial charge in [0.15, 0.2) is 0 Å². The third-order valence-electron chi connectivity index (χ3n) is 7.78. The van der Waals surface area contributed by atoms with Crippen molar-refractivity contribution >= 4 is 17.9 Å². The molecule has 7 heteroatoms. The van der Waals surface area contributed by atoms with E-state index in [1.54, 1.807) is 12.5 Å². The molecular weight excluding hydrogens is 400 g/mol. The predicted octanol–water partition coefficient (Wildman–Crippen LogP) is 3.61. The van der Waals surface area contributed by atoms with Crippen LogP contribution in [0, 0.1) is 22.7 Å². The molecule has 1 aromatic heterocycles. The third kappa shape index (κ3) is 3.58. The highest BCUT2D eigenvalue weighted by molar-refractivity contribution is 5.93. The molecule has 1 saturated carbocycles. The second kappa shape index (κ2) is 7.84.